The van der Waals surface area contributed by atoms with Gasteiger partial charge >= 0.3 is 17.7 Å². The molecule has 0 N–H and O–H groups in total. The van der Waals surface area contributed by atoms with E-state index >= 15 is 0 Å². The van der Waals surface area contributed by atoms with Crippen molar-refractivity contribution in [1.29, 1.82) is 0 Å². The highest BCUT2D eigenvalue weighted by Gasteiger charge is 2.24. The van der Waals surface area contributed by atoms with Gasteiger partial charge in [0.1, 0.15) is 12.4 Å². The lowest BCUT2D eigenvalue weighted by Crippen LogP contribution is -2.14. The van der Waals surface area contributed by atoms with Crippen molar-refractivity contribution in [3.8, 4) is 17.5 Å². The summed E-state index contributed by atoms with van der Waals surface area (Å²) in [6.45, 7) is 7.21. The van der Waals surface area contributed by atoms with Crippen LogP contribution >= 0.6 is 0 Å². The van der Waals surface area contributed by atoms with Crippen LogP contribution in [0, 0.1) is 10.1 Å². The fourth-order valence-corrected chi connectivity index (χ4v) is 1.99. The first kappa shape index (κ1) is 17.3. The maximum Gasteiger partial charge on any atom is 0.322 e. The molecule has 0 saturated carbocycles. The normalized spacial score (nSPS) is 11.0. The number of ether oxygens (including phenoxy) is 2. The Morgan fingerprint density at radius 2 is 1.83 bits per heavy atom. The average Bonchev–Trinajstić information content (AvgIpc) is 2.48. The summed E-state index contributed by atoms with van der Waals surface area (Å²) in [7, 11) is 0. The van der Waals surface area contributed by atoms with E-state index < -0.39 is 10.9 Å². The van der Waals surface area contributed by atoms with Gasteiger partial charge in [0.25, 0.3) is 0 Å². The Labute approximate surface area is 138 Å². The molecule has 24 heavy (non-hydrogen) atoms. The van der Waals surface area contributed by atoms with Crippen molar-refractivity contribution in [3.63, 3.8) is 0 Å². The molecule has 0 aliphatic heterocycles. The lowest BCUT2D eigenvalue weighted by atomic mass is 9.86. The van der Waals surface area contributed by atoms with E-state index in [1.54, 1.807) is 12.1 Å². The fraction of sp³-hybridized carbons (Fsp3) is 0.312. The number of esters is 1. The van der Waals surface area contributed by atoms with Crippen LogP contribution in [0.25, 0.3) is 0 Å². The van der Waals surface area contributed by atoms with Crippen molar-refractivity contribution in [2.24, 2.45) is 0 Å². The van der Waals surface area contributed by atoms with Crippen LogP contribution in [0.1, 0.15) is 33.3 Å². The van der Waals surface area contributed by atoms with Gasteiger partial charge in [-0.15, -0.1) is 0 Å². The van der Waals surface area contributed by atoms with Gasteiger partial charge in [0.2, 0.25) is 0 Å². The highest BCUT2D eigenvalue weighted by Crippen LogP contribution is 2.40. The molecule has 0 fully saturated rings. The molecule has 0 atom stereocenters. The molecular weight excluding hydrogens is 314 g/mol. The minimum atomic E-state index is -0.600. The summed E-state index contributed by atoms with van der Waals surface area (Å²) in [5.41, 5.74) is 0.238. The van der Waals surface area contributed by atoms with Crippen molar-refractivity contribution < 1.29 is 19.2 Å². The second-order valence-electron chi connectivity index (χ2n) is 6.06. The van der Waals surface area contributed by atoms with E-state index in [1.807, 2.05) is 26.8 Å². The molecule has 0 unspecified atom stereocenters. The Kier molecular flexibility index (Phi) is 4.77. The van der Waals surface area contributed by atoms with Crippen LogP contribution in [-0.2, 0) is 10.2 Å². The number of nitrogens with zero attached hydrogens (tertiary/aromatic N) is 3. The Morgan fingerprint density at radius 3 is 2.33 bits per heavy atom. The van der Waals surface area contributed by atoms with E-state index in [1.165, 1.54) is 6.92 Å². The lowest BCUT2D eigenvalue weighted by molar-refractivity contribution is -0.385. The van der Waals surface area contributed by atoms with Gasteiger partial charge in [0, 0.05) is 12.5 Å². The van der Waals surface area contributed by atoms with E-state index in [4.69, 9.17) is 9.47 Å². The molecular formula is C16H17N3O5. The maximum atomic E-state index is 11.3. The topological polar surface area (TPSA) is 104 Å². The smallest absolute Gasteiger partial charge is 0.322 e. The summed E-state index contributed by atoms with van der Waals surface area (Å²) >= 11 is 0. The van der Waals surface area contributed by atoms with Crippen molar-refractivity contribution in [3.05, 3.63) is 46.3 Å². The monoisotopic (exact) mass is 331 g/mol. The molecule has 0 bridgehead atoms. The molecule has 0 spiro atoms. The molecule has 8 nitrogen and oxygen atoms in total. The number of carbonyl (C=O) groups excluding carboxylic acids is 1. The van der Waals surface area contributed by atoms with Crippen molar-refractivity contribution in [1.82, 2.24) is 9.97 Å². The Bertz CT molecular complexity index is 766. The van der Waals surface area contributed by atoms with Crippen molar-refractivity contribution in [2.45, 2.75) is 33.1 Å². The van der Waals surface area contributed by atoms with Crippen LogP contribution in [0.3, 0.4) is 0 Å². The van der Waals surface area contributed by atoms with Gasteiger partial charge in [-0.05, 0) is 11.5 Å². The second-order valence-corrected chi connectivity index (χ2v) is 6.06. The third-order valence-electron chi connectivity index (χ3n) is 3.06. The minimum absolute atomic E-state index is 0.0781. The molecule has 0 aliphatic carbocycles. The molecule has 2 aromatic rings. The number of rotatable bonds is 4. The Hall–Kier alpha value is -3.03. The van der Waals surface area contributed by atoms with E-state index in [9.17, 15) is 14.9 Å². The standard InChI is InChI=1S/C16H17N3O5/c1-10(20)23-13-7-5-6-12(16(2,3)4)14(13)24-15-17-8-11(9-18-15)19(21)22/h5-9H,1-4H3. The maximum absolute atomic E-state index is 11.3. The van der Waals surface area contributed by atoms with Gasteiger partial charge in [-0.1, -0.05) is 32.9 Å². The number of hydrogen-bond donors (Lipinski definition) is 0. The minimum Gasteiger partial charge on any atom is -0.423 e. The fourth-order valence-electron chi connectivity index (χ4n) is 1.99. The molecule has 2 rings (SSSR count). The molecule has 1 heterocycles. The first-order chi connectivity index (χ1) is 11.2. The number of nitro groups is 1. The highest BCUT2D eigenvalue weighted by atomic mass is 16.6. The molecule has 126 valence electrons. The molecule has 0 saturated heterocycles. The van der Waals surface area contributed by atoms with Crippen LogP contribution in [-0.4, -0.2) is 20.9 Å². The van der Waals surface area contributed by atoms with Gasteiger partial charge in [-0.25, -0.2) is 0 Å². The van der Waals surface area contributed by atoms with E-state index in [0.29, 0.717) is 5.75 Å². The summed E-state index contributed by atoms with van der Waals surface area (Å²) in [6, 6.07) is 5.11. The summed E-state index contributed by atoms with van der Waals surface area (Å²) in [6.07, 6.45) is 2.10. The zero-order valence-corrected chi connectivity index (χ0v) is 13.8. The number of para-hydroxylation sites is 1. The van der Waals surface area contributed by atoms with Crippen molar-refractivity contribution in [2.75, 3.05) is 0 Å². The van der Waals surface area contributed by atoms with Crippen LogP contribution in [0.2, 0.25) is 0 Å². The van der Waals surface area contributed by atoms with Crippen LogP contribution in [0.15, 0.2) is 30.6 Å². The zero-order chi connectivity index (χ0) is 17.9. The number of carbonyl (C=O) groups is 1. The summed E-state index contributed by atoms with van der Waals surface area (Å²) in [5, 5.41) is 10.7. The Morgan fingerprint density at radius 1 is 1.21 bits per heavy atom. The number of hydrogen-bond acceptors (Lipinski definition) is 7. The lowest BCUT2D eigenvalue weighted by Gasteiger charge is -2.23. The number of aromatic nitrogens is 2. The van der Waals surface area contributed by atoms with Gasteiger partial charge in [0.05, 0.1) is 4.92 Å². The van der Waals surface area contributed by atoms with Gasteiger partial charge in [-0.3, -0.25) is 14.9 Å². The zero-order valence-electron chi connectivity index (χ0n) is 13.8. The predicted molar refractivity (Wildman–Crippen MR) is 85.2 cm³/mol. The Balaban J connectivity index is 2.46. The third kappa shape index (κ3) is 4.03. The largest absolute Gasteiger partial charge is 0.423 e. The summed E-state index contributed by atoms with van der Waals surface area (Å²) in [5.74, 6) is 0.0430. The molecule has 1 aromatic carbocycles. The predicted octanol–water partition coefficient (Wildman–Crippen LogP) is 3.40. The van der Waals surface area contributed by atoms with Crippen LogP contribution in [0.5, 0.6) is 17.5 Å². The molecule has 1 aromatic heterocycles. The molecule has 0 radical (unpaired) electrons. The first-order valence-corrected chi connectivity index (χ1v) is 7.14. The SMILES string of the molecule is CC(=O)Oc1cccc(C(C)(C)C)c1Oc1ncc([N+](=O)[O-])cn1. The molecule has 0 amide bonds. The molecule has 8 heteroatoms. The van der Waals surface area contributed by atoms with Gasteiger partial charge < -0.3 is 9.47 Å². The number of benzene rings is 1. The van der Waals surface area contributed by atoms with Gasteiger partial charge in [0.15, 0.2) is 11.5 Å². The quantitative estimate of drug-likeness (QED) is 0.366. The summed E-state index contributed by atoms with van der Waals surface area (Å²) in [4.78, 5) is 29.0. The third-order valence-corrected chi connectivity index (χ3v) is 3.06. The average molecular weight is 331 g/mol. The first-order valence-electron chi connectivity index (χ1n) is 7.14. The van der Waals surface area contributed by atoms with E-state index in [-0.39, 0.29) is 22.9 Å². The molecule has 0 aliphatic rings. The van der Waals surface area contributed by atoms with Gasteiger partial charge in [-0.2, -0.15) is 9.97 Å². The summed E-state index contributed by atoms with van der Waals surface area (Å²) < 4.78 is 10.9. The highest BCUT2D eigenvalue weighted by molar-refractivity contribution is 5.71. The second kappa shape index (κ2) is 6.61. The van der Waals surface area contributed by atoms with Crippen LogP contribution in [0.4, 0.5) is 5.69 Å². The van der Waals surface area contributed by atoms with E-state index in [2.05, 4.69) is 9.97 Å². The van der Waals surface area contributed by atoms with Crippen molar-refractivity contribution >= 4 is 11.7 Å². The van der Waals surface area contributed by atoms with E-state index in [0.717, 1.165) is 18.0 Å². The van der Waals surface area contributed by atoms with Crippen LogP contribution < -0.4 is 9.47 Å².